The molecule has 2 heterocycles. The minimum absolute atomic E-state index is 0.171. The number of benzene rings is 1. The van der Waals surface area contributed by atoms with Crippen molar-refractivity contribution in [1.29, 1.82) is 0 Å². The third kappa shape index (κ3) is 4.21. The number of carboxylic acid groups (broad SMARTS) is 1. The standard InChI is InChI=1S/C18H24ClNO4/c19-15-12-14(17(21)22)2-3-16(15)24-11-8-20-7-1-4-18(13-20)5-9-23-10-6-18/h2-3,12H,1,4-11,13H2,(H,21,22). The topological polar surface area (TPSA) is 59.0 Å². The third-order valence-electron chi connectivity index (χ3n) is 5.14. The fourth-order valence-corrected chi connectivity index (χ4v) is 3.98. The van der Waals surface area contributed by atoms with E-state index in [1.165, 1.54) is 25.0 Å². The van der Waals surface area contributed by atoms with Gasteiger partial charge in [0.1, 0.15) is 12.4 Å². The summed E-state index contributed by atoms with van der Waals surface area (Å²) < 4.78 is 11.3. The van der Waals surface area contributed by atoms with E-state index in [9.17, 15) is 4.79 Å². The van der Waals surface area contributed by atoms with Gasteiger partial charge in [0.05, 0.1) is 10.6 Å². The number of hydrogen-bond acceptors (Lipinski definition) is 4. The van der Waals surface area contributed by atoms with E-state index < -0.39 is 5.97 Å². The van der Waals surface area contributed by atoms with Crippen LogP contribution in [0.1, 0.15) is 36.0 Å². The van der Waals surface area contributed by atoms with Crippen LogP contribution in [0.5, 0.6) is 5.75 Å². The highest BCUT2D eigenvalue weighted by atomic mass is 35.5. The largest absolute Gasteiger partial charge is 0.491 e. The normalized spacial score (nSPS) is 20.9. The van der Waals surface area contributed by atoms with Crippen LogP contribution < -0.4 is 4.74 Å². The SMILES string of the molecule is O=C(O)c1ccc(OCCN2CCCC3(CCOCC3)C2)c(Cl)c1. The van der Waals surface area contributed by atoms with Crippen LogP contribution in [-0.2, 0) is 4.74 Å². The van der Waals surface area contributed by atoms with Gasteiger partial charge >= 0.3 is 5.97 Å². The van der Waals surface area contributed by atoms with Crippen LogP contribution in [0, 0.1) is 5.41 Å². The molecule has 132 valence electrons. The Balaban J connectivity index is 1.50. The number of aromatic carboxylic acids is 1. The van der Waals surface area contributed by atoms with E-state index in [1.54, 1.807) is 6.07 Å². The molecule has 6 heteroatoms. The van der Waals surface area contributed by atoms with Crippen LogP contribution in [0.25, 0.3) is 0 Å². The maximum atomic E-state index is 10.9. The highest BCUT2D eigenvalue weighted by molar-refractivity contribution is 6.32. The minimum Gasteiger partial charge on any atom is -0.491 e. The van der Waals surface area contributed by atoms with E-state index in [4.69, 9.17) is 26.2 Å². The Morgan fingerprint density at radius 1 is 1.33 bits per heavy atom. The molecule has 0 saturated carbocycles. The predicted octanol–water partition coefficient (Wildman–Crippen LogP) is 3.31. The summed E-state index contributed by atoms with van der Waals surface area (Å²) in [5, 5.41) is 9.29. The fraction of sp³-hybridized carbons (Fsp3) is 0.611. The number of nitrogens with zero attached hydrogens (tertiary/aromatic N) is 1. The van der Waals surface area contributed by atoms with E-state index in [2.05, 4.69) is 4.90 Å². The average molecular weight is 354 g/mol. The van der Waals surface area contributed by atoms with Crippen LogP contribution in [0.4, 0.5) is 0 Å². The Morgan fingerprint density at radius 2 is 2.12 bits per heavy atom. The van der Waals surface area contributed by atoms with Crippen molar-refractivity contribution in [2.45, 2.75) is 25.7 Å². The monoisotopic (exact) mass is 353 g/mol. The van der Waals surface area contributed by atoms with Gasteiger partial charge in [0.25, 0.3) is 0 Å². The van der Waals surface area contributed by atoms with Gasteiger partial charge in [-0.05, 0) is 55.8 Å². The number of halogens is 1. The molecule has 2 saturated heterocycles. The minimum atomic E-state index is -0.987. The van der Waals surface area contributed by atoms with Crippen LogP contribution >= 0.6 is 11.6 Å². The number of likely N-dealkylation sites (tertiary alicyclic amines) is 1. The molecular weight excluding hydrogens is 330 g/mol. The van der Waals surface area contributed by atoms with Crippen molar-refractivity contribution in [3.8, 4) is 5.75 Å². The zero-order chi connectivity index (χ0) is 17.0. The van der Waals surface area contributed by atoms with Gasteiger partial charge in [0.15, 0.2) is 0 Å². The number of rotatable bonds is 5. The molecule has 0 aromatic heterocycles. The molecule has 2 aliphatic rings. The van der Waals surface area contributed by atoms with Gasteiger partial charge in [-0.25, -0.2) is 4.79 Å². The second-order valence-electron chi connectivity index (χ2n) is 6.79. The second kappa shape index (κ2) is 7.72. The highest BCUT2D eigenvalue weighted by Gasteiger charge is 2.36. The Labute approximate surface area is 147 Å². The first-order chi connectivity index (χ1) is 11.6. The van der Waals surface area contributed by atoms with Crippen molar-refractivity contribution in [2.75, 3.05) is 39.5 Å². The fourth-order valence-electron chi connectivity index (χ4n) is 3.75. The molecule has 24 heavy (non-hydrogen) atoms. The van der Waals surface area contributed by atoms with E-state index in [0.29, 0.717) is 22.8 Å². The summed E-state index contributed by atoms with van der Waals surface area (Å²) in [5.74, 6) is -0.446. The smallest absolute Gasteiger partial charge is 0.335 e. The van der Waals surface area contributed by atoms with Gasteiger partial charge in [-0.2, -0.15) is 0 Å². The first kappa shape index (κ1) is 17.5. The second-order valence-corrected chi connectivity index (χ2v) is 7.20. The van der Waals surface area contributed by atoms with E-state index in [1.807, 2.05) is 0 Å². The molecule has 1 N–H and O–H groups in total. The van der Waals surface area contributed by atoms with Gasteiger partial charge < -0.3 is 14.6 Å². The molecular formula is C18H24ClNO4. The molecule has 1 aromatic carbocycles. The van der Waals surface area contributed by atoms with Crippen molar-refractivity contribution < 1.29 is 19.4 Å². The summed E-state index contributed by atoms with van der Waals surface area (Å²) in [7, 11) is 0. The van der Waals surface area contributed by atoms with Crippen LogP contribution in [-0.4, -0.2) is 55.4 Å². The van der Waals surface area contributed by atoms with Gasteiger partial charge in [0.2, 0.25) is 0 Å². The van der Waals surface area contributed by atoms with E-state index in [0.717, 1.165) is 45.7 Å². The first-order valence-corrected chi connectivity index (χ1v) is 8.92. The summed E-state index contributed by atoms with van der Waals surface area (Å²) in [6, 6.07) is 4.57. The number of ether oxygens (including phenoxy) is 2. The lowest BCUT2D eigenvalue weighted by Gasteiger charge is -2.45. The molecule has 2 fully saturated rings. The van der Waals surface area contributed by atoms with Gasteiger partial charge in [0, 0.05) is 26.3 Å². The van der Waals surface area contributed by atoms with Gasteiger partial charge in [-0.1, -0.05) is 11.6 Å². The van der Waals surface area contributed by atoms with Gasteiger partial charge in [-0.15, -0.1) is 0 Å². The molecule has 0 unspecified atom stereocenters. The Morgan fingerprint density at radius 3 is 2.83 bits per heavy atom. The molecule has 2 aliphatic heterocycles. The lowest BCUT2D eigenvalue weighted by atomic mass is 9.74. The van der Waals surface area contributed by atoms with Crippen molar-refractivity contribution in [1.82, 2.24) is 4.90 Å². The molecule has 0 radical (unpaired) electrons. The quantitative estimate of drug-likeness (QED) is 0.880. The molecule has 1 spiro atoms. The molecule has 0 atom stereocenters. The molecule has 3 rings (SSSR count). The Hall–Kier alpha value is -1.30. The molecule has 5 nitrogen and oxygen atoms in total. The average Bonchev–Trinajstić information content (AvgIpc) is 2.57. The van der Waals surface area contributed by atoms with Crippen molar-refractivity contribution in [3.05, 3.63) is 28.8 Å². The summed E-state index contributed by atoms with van der Waals surface area (Å²) in [6.45, 7) is 5.41. The van der Waals surface area contributed by atoms with Crippen molar-refractivity contribution >= 4 is 17.6 Å². The highest BCUT2D eigenvalue weighted by Crippen LogP contribution is 2.39. The van der Waals surface area contributed by atoms with Gasteiger partial charge in [-0.3, -0.25) is 4.90 Å². The lowest BCUT2D eigenvalue weighted by Crippen LogP contribution is -2.47. The number of carbonyl (C=O) groups is 1. The summed E-state index contributed by atoms with van der Waals surface area (Å²) >= 11 is 6.10. The number of hydrogen-bond donors (Lipinski definition) is 1. The zero-order valence-electron chi connectivity index (χ0n) is 13.8. The maximum Gasteiger partial charge on any atom is 0.335 e. The molecule has 1 aromatic rings. The first-order valence-electron chi connectivity index (χ1n) is 8.54. The van der Waals surface area contributed by atoms with Crippen molar-refractivity contribution in [2.24, 2.45) is 5.41 Å². The molecule has 0 bridgehead atoms. The van der Waals surface area contributed by atoms with Crippen LogP contribution in [0.3, 0.4) is 0 Å². The molecule has 0 aliphatic carbocycles. The predicted molar refractivity (Wildman–Crippen MR) is 92.1 cm³/mol. The molecule has 0 amide bonds. The number of piperidine rings is 1. The zero-order valence-corrected chi connectivity index (χ0v) is 14.6. The Bertz CT molecular complexity index is 581. The number of carboxylic acids is 1. The summed E-state index contributed by atoms with van der Waals surface area (Å²) in [6.07, 6.45) is 4.85. The maximum absolute atomic E-state index is 10.9. The Kier molecular flexibility index (Phi) is 5.64. The van der Waals surface area contributed by atoms with E-state index >= 15 is 0 Å². The summed E-state index contributed by atoms with van der Waals surface area (Å²) in [5.41, 5.74) is 0.599. The van der Waals surface area contributed by atoms with Crippen LogP contribution in [0.2, 0.25) is 5.02 Å². The summed E-state index contributed by atoms with van der Waals surface area (Å²) in [4.78, 5) is 13.4. The van der Waals surface area contributed by atoms with Crippen molar-refractivity contribution in [3.63, 3.8) is 0 Å². The van der Waals surface area contributed by atoms with Crippen LogP contribution in [0.15, 0.2) is 18.2 Å². The van der Waals surface area contributed by atoms with E-state index in [-0.39, 0.29) is 5.56 Å². The lowest BCUT2D eigenvalue weighted by molar-refractivity contribution is -0.0291. The third-order valence-corrected chi connectivity index (χ3v) is 5.43.